The number of hydrogen-bond donors (Lipinski definition) is 0. The van der Waals surface area contributed by atoms with E-state index in [1.54, 1.807) is 0 Å². The van der Waals surface area contributed by atoms with E-state index in [1.807, 2.05) is 21.1 Å². The Kier molecular flexibility index (Phi) is 61.2. The van der Waals surface area contributed by atoms with Crippen LogP contribution in [0.25, 0.3) is 0 Å². The highest BCUT2D eigenvalue weighted by atomic mass is 31.2. The van der Waals surface area contributed by atoms with E-state index in [4.69, 9.17) is 18.5 Å². The summed E-state index contributed by atoms with van der Waals surface area (Å²) in [5.74, 6) is -0.843. The molecule has 0 aromatic rings. The summed E-state index contributed by atoms with van der Waals surface area (Å²) in [5.41, 5.74) is 0. The summed E-state index contributed by atoms with van der Waals surface area (Å²) in [6.45, 7) is 4.01. The van der Waals surface area contributed by atoms with Gasteiger partial charge >= 0.3 is 11.9 Å². The predicted molar refractivity (Wildman–Crippen MR) is 360 cm³/mol. The van der Waals surface area contributed by atoms with Crippen LogP contribution in [0.4, 0.5) is 0 Å². The number of carbonyl (C=O) groups is 2. The Morgan fingerprint density at radius 1 is 0.369 bits per heavy atom. The molecule has 0 spiro atoms. The molecule has 0 aliphatic carbocycles. The van der Waals surface area contributed by atoms with Gasteiger partial charge in [0.15, 0.2) is 6.10 Å². The average Bonchev–Trinajstić information content (AvgIpc) is 3.61. The molecule has 0 aromatic carbocycles. The number of carbonyl (C=O) groups excluding carboxylic acids is 2. The van der Waals surface area contributed by atoms with Gasteiger partial charge in [-0.2, -0.15) is 0 Å². The van der Waals surface area contributed by atoms with Crippen molar-refractivity contribution in [2.75, 3.05) is 47.5 Å². The van der Waals surface area contributed by atoms with Crippen molar-refractivity contribution >= 4 is 19.8 Å². The molecule has 0 rings (SSSR count). The smallest absolute Gasteiger partial charge is 0.306 e. The first-order chi connectivity index (χ1) is 41.0. The molecule has 0 aliphatic heterocycles. The van der Waals surface area contributed by atoms with Gasteiger partial charge in [-0.25, -0.2) is 0 Å². The number of nitrogens with zero attached hydrogens (tertiary/aromatic N) is 1. The number of likely N-dealkylation sites (N-methyl/N-ethyl adjacent to an activating group) is 1. The molecule has 0 aliphatic rings. The van der Waals surface area contributed by atoms with Crippen molar-refractivity contribution in [1.29, 1.82) is 0 Å². The average molecular weight is 1190 g/mol. The second kappa shape index (κ2) is 63.9. The summed E-state index contributed by atoms with van der Waals surface area (Å²) < 4.78 is 34.3. The van der Waals surface area contributed by atoms with Crippen molar-refractivity contribution in [3.05, 3.63) is 122 Å². The lowest BCUT2D eigenvalue weighted by Crippen LogP contribution is -2.37. The van der Waals surface area contributed by atoms with Crippen LogP contribution in [0, 0.1) is 0 Å². The molecular formula is C74H128NO8P. The zero-order valence-electron chi connectivity index (χ0n) is 54.8. The van der Waals surface area contributed by atoms with Crippen molar-refractivity contribution in [3.8, 4) is 0 Å². The molecule has 10 heteroatoms. The summed E-state index contributed by atoms with van der Waals surface area (Å²) in [5, 5.41) is 0. The molecular weight excluding hydrogens is 1060 g/mol. The van der Waals surface area contributed by atoms with Crippen molar-refractivity contribution in [2.45, 2.75) is 290 Å². The van der Waals surface area contributed by atoms with Crippen LogP contribution in [0.2, 0.25) is 0 Å². The van der Waals surface area contributed by atoms with E-state index in [9.17, 15) is 19.0 Å². The van der Waals surface area contributed by atoms with Gasteiger partial charge in [0.2, 0.25) is 0 Å². The topological polar surface area (TPSA) is 111 Å². The van der Waals surface area contributed by atoms with Crippen LogP contribution >= 0.6 is 7.82 Å². The number of phosphoric acid groups is 1. The van der Waals surface area contributed by atoms with E-state index in [-0.39, 0.29) is 26.1 Å². The van der Waals surface area contributed by atoms with E-state index in [1.165, 1.54) is 135 Å². The number of quaternary nitrogens is 1. The SMILES string of the molecule is CC/C=C\C/C=C\C/C=C\C/C=C\C/C=C\CCCCCCCCCCCCCCCCCCCCCCCC(=O)OC(COC(=O)CCCCCCCCC/C=C\C/C=C\C/C=C\C/C=C\C/C=C\CC)COP(=O)([O-])OCC[N+](C)(C)C. The molecule has 0 fully saturated rings. The van der Waals surface area contributed by atoms with E-state index >= 15 is 0 Å². The normalized spacial score (nSPS) is 13.9. The maximum atomic E-state index is 12.9. The zero-order chi connectivity index (χ0) is 61.2. The van der Waals surface area contributed by atoms with Crippen molar-refractivity contribution < 1.29 is 42.1 Å². The van der Waals surface area contributed by atoms with Crippen LogP contribution in [0.15, 0.2) is 122 Å². The lowest BCUT2D eigenvalue weighted by Gasteiger charge is -2.28. The second-order valence-corrected chi connectivity index (χ2v) is 25.2. The van der Waals surface area contributed by atoms with Gasteiger partial charge in [0.1, 0.15) is 19.8 Å². The van der Waals surface area contributed by atoms with Crippen molar-refractivity contribution in [2.24, 2.45) is 0 Å². The Morgan fingerprint density at radius 2 is 0.643 bits per heavy atom. The molecule has 2 atom stereocenters. The van der Waals surface area contributed by atoms with Crippen molar-refractivity contribution in [1.82, 2.24) is 0 Å². The minimum absolute atomic E-state index is 0.0366. The molecule has 84 heavy (non-hydrogen) atoms. The fourth-order valence-corrected chi connectivity index (χ4v) is 10.0. The van der Waals surface area contributed by atoms with E-state index in [0.29, 0.717) is 23.9 Å². The molecule has 0 saturated heterocycles. The quantitative estimate of drug-likeness (QED) is 0.0195. The maximum absolute atomic E-state index is 12.9. The van der Waals surface area contributed by atoms with Crippen LogP contribution in [0.5, 0.6) is 0 Å². The Balaban J connectivity index is 4.03. The summed E-state index contributed by atoms with van der Waals surface area (Å²) in [7, 11) is 1.16. The molecule has 0 N–H and O–H groups in total. The molecule has 0 heterocycles. The molecule has 0 aromatic heterocycles. The highest BCUT2D eigenvalue weighted by Gasteiger charge is 2.22. The van der Waals surface area contributed by atoms with Crippen LogP contribution in [-0.2, 0) is 32.7 Å². The molecule has 0 bridgehead atoms. The minimum atomic E-state index is -4.65. The zero-order valence-corrected chi connectivity index (χ0v) is 55.7. The van der Waals surface area contributed by atoms with Gasteiger partial charge in [-0.1, -0.05) is 289 Å². The number of rotatable bonds is 62. The van der Waals surface area contributed by atoms with Gasteiger partial charge in [-0.05, 0) is 103 Å². The lowest BCUT2D eigenvalue weighted by atomic mass is 10.0. The Bertz CT molecular complexity index is 1830. The first kappa shape index (κ1) is 80.4. The number of phosphoric ester groups is 1. The van der Waals surface area contributed by atoms with Gasteiger partial charge in [-0.3, -0.25) is 14.2 Å². The molecule has 0 saturated carbocycles. The molecule has 0 radical (unpaired) electrons. The van der Waals surface area contributed by atoms with E-state index in [2.05, 4.69) is 135 Å². The standard InChI is InChI=1S/C74H128NO8P/c1-6-8-10-12-14-16-18-20-22-24-26-28-30-31-32-33-34-35-36-37-38-39-40-41-42-43-45-47-49-51-53-55-57-59-61-63-65-67-74(77)83-72(71-82-84(78,79)81-69-68-75(3,4)5)70-80-73(76)66-64-62-60-58-56-54-52-50-48-46-44-29-27-25-23-21-19-17-15-13-11-9-7-2/h8-11,14-17,20-23,26-29,31-32,46,48,72H,6-7,12-13,18-19,24-25,30,33-45,47,49-71H2,1-5H3/b10-8-,11-9-,16-14-,17-15-,22-20-,23-21-,28-26-,29-27-,32-31-,48-46-. The van der Waals surface area contributed by atoms with Gasteiger partial charge in [-0.15, -0.1) is 0 Å². The first-order valence-electron chi connectivity index (χ1n) is 34.2. The Morgan fingerprint density at radius 3 is 0.952 bits per heavy atom. The summed E-state index contributed by atoms with van der Waals surface area (Å²) in [4.78, 5) is 38.0. The van der Waals surface area contributed by atoms with Crippen LogP contribution in [0.1, 0.15) is 284 Å². The lowest BCUT2D eigenvalue weighted by molar-refractivity contribution is -0.870. The fraction of sp³-hybridized carbons (Fsp3) is 0.703. The number of ether oxygens (including phenoxy) is 2. The van der Waals surface area contributed by atoms with E-state index < -0.39 is 32.5 Å². The third-order valence-electron chi connectivity index (χ3n) is 14.5. The van der Waals surface area contributed by atoms with Crippen LogP contribution in [-0.4, -0.2) is 70.0 Å². The van der Waals surface area contributed by atoms with Gasteiger partial charge in [0, 0.05) is 12.8 Å². The number of esters is 2. The number of hydrogen-bond acceptors (Lipinski definition) is 8. The first-order valence-corrected chi connectivity index (χ1v) is 35.7. The third-order valence-corrected chi connectivity index (χ3v) is 15.4. The highest BCUT2D eigenvalue weighted by Crippen LogP contribution is 2.38. The second-order valence-electron chi connectivity index (χ2n) is 23.8. The summed E-state index contributed by atoms with van der Waals surface area (Å²) in [6, 6.07) is 0. The largest absolute Gasteiger partial charge is 0.756 e. The number of unbranched alkanes of at least 4 members (excludes halogenated alkanes) is 28. The monoisotopic (exact) mass is 1190 g/mol. The predicted octanol–water partition coefficient (Wildman–Crippen LogP) is 21.6. The minimum Gasteiger partial charge on any atom is -0.756 e. The molecule has 9 nitrogen and oxygen atoms in total. The number of allylic oxidation sites excluding steroid dienone is 20. The van der Waals surface area contributed by atoms with Crippen LogP contribution in [0.3, 0.4) is 0 Å². The summed E-state index contributed by atoms with van der Waals surface area (Å²) in [6.07, 6.45) is 91.3. The van der Waals surface area contributed by atoms with Crippen LogP contribution < -0.4 is 4.89 Å². The molecule has 2 unspecified atom stereocenters. The van der Waals surface area contributed by atoms with Gasteiger partial charge < -0.3 is 27.9 Å². The van der Waals surface area contributed by atoms with Gasteiger partial charge in [0.25, 0.3) is 7.82 Å². The molecule has 0 amide bonds. The Labute approximate surface area is 518 Å². The highest BCUT2D eigenvalue weighted by molar-refractivity contribution is 7.45. The Hall–Kier alpha value is -3.59. The summed E-state index contributed by atoms with van der Waals surface area (Å²) >= 11 is 0. The van der Waals surface area contributed by atoms with E-state index in [0.717, 1.165) is 109 Å². The van der Waals surface area contributed by atoms with Crippen molar-refractivity contribution in [3.63, 3.8) is 0 Å². The third kappa shape index (κ3) is 67.5. The molecule has 482 valence electrons. The maximum Gasteiger partial charge on any atom is 0.306 e. The van der Waals surface area contributed by atoms with Gasteiger partial charge in [0.05, 0.1) is 27.7 Å². The fourth-order valence-electron chi connectivity index (χ4n) is 9.30.